The van der Waals surface area contributed by atoms with Crippen LogP contribution in [0.5, 0.6) is 0 Å². The highest BCUT2D eigenvalue weighted by atomic mass is 35.5. The first-order chi connectivity index (χ1) is 14.8. The van der Waals surface area contributed by atoms with E-state index in [0.717, 1.165) is 11.8 Å². The Morgan fingerprint density at radius 1 is 1.13 bits per heavy atom. The maximum absolute atomic E-state index is 13.7. The number of amides is 1. The Bertz CT molecular complexity index is 1120. The van der Waals surface area contributed by atoms with Crippen LogP contribution in [0.15, 0.2) is 58.5 Å². The second kappa shape index (κ2) is 9.93. The van der Waals surface area contributed by atoms with Gasteiger partial charge in [-0.3, -0.25) is 9.79 Å². The molecule has 31 heavy (non-hydrogen) atoms. The van der Waals surface area contributed by atoms with Crippen LogP contribution in [0.3, 0.4) is 0 Å². The number of hydrogen-bond acceptors (Lipinski definition) is 4. The first-order valence-electron chi connectivity index (χ1n) is 8.81. The van der Waals surface area contributed by atoms with Gasteiger partial charge in [-0.15, -0.1) is 11.8 Å². The molecule has 1 unspecified atom stereocenters. The number of halogens is 5. The lowest BCUT2D eigenvalue weighted by Gasteiger charge is -2.13. The monoisotopic (exact) mass is 467 g/mol. The predicted molar refractivity (Wildman–Crippen MR) is 113 cm³/mol. The molecule has 0 aliphatic carbocycles. The minimum atomic E-state index is -1.67. The van der Waals surface area contributed by atoms with Crippen molar-refractivity contribution in [3.05, 3.63) is 82.6 Å². The van der Waals surface area contributed by atoms with Crippen molar-refractivity contribution < 1.29 is 22.4 Å². The summed E-state index contributed by atoms with van der Waals surface area (Å²) in [6.07, 6.45) is 3.13. The molecule has 10 heteroatoms. The van der Waals surface area contributed by atoms with Crippen molar-refractivity contribution in [3.63, 3.8) is 0 Å². The van der Waals surface area contributed by atoms with Crippen molar-refractivity contribution in [1.29, 1.82) is 0 Å². The molecule has 1 aromatic heterocycles. The van der Waals surface area contributed by atoms with Gasteiger partial charge in [-0.05, 0) is 43.3 Å². The molecule has 1 heterocycles. The second-order valence-corrected chi connectivity index (χ2v) is 8.00. The van der Waals surface area contributed by atoms with Gasteiger partial charge in [-0.25, -0.2) is 22.5 Å². The largest absolute Gasteiger partial charge is 0.320 e. The molecule has 0 aliphatic rings. The highest BCUT2D eigenvalue weighted by Crippen LogP contribution is 2.28. The number of aliphatic imine (C=N–C) groups is 1. The lowest BCUT2D eigenvalue weighted by Crippen LogP contribution is -2.24. The molecule has 1 N–H and O–H groups in total. The number of nitrogens with zero attached hydrogens (tertiary/aromatic N) is 2. The molecule has 0 saturated heterocycles. The second-order valence-electron chi connectivity index (χ2n) is 6.23. The molecule has 0 fully saturated rings. The number of carbonyl (C=O) groups excluding carboxylic acids is 1. The Labute approximate surface area is 184 Å². The summed E-state index contributed by atoms with van der Waals surface area (Å²) in [6, 6.07) is 10.4. The molecular formula is C21H14ClF4N3OS. The number of aromatic nitrogens is 1. The molecular weight excluding hydrogens is 454 g/mol. The van der Waals surface area contributed by atoms with Crippen LogP contribution >= 0.6 is 23.4 Å². The third-order valence-corrected chi connectivity index (χ3v) is 5.45. The van der Waals surface area contributed by atoms with Gasteiger partial charge < -0.3 is 5.32 Å². The SMILES string of the molecule is CC(Sc1ccc(N=Cc2cccnc2Cl)cc1)C(=O)Nc1c(F)c(F)cc(F)c1F. The fraction of sp³-hybridized carbons (Fsp3) is 0.0952. The number of carbonyl (C=O) groups is 1. The van der Waals surface area contributed by atoms with Crippen molar-refractivity contribution >= 4 is 46.9 Å². The summed E-state index contributed by atoms with van der Waals surface area (Å²) >= 11 is 7.05. The first-order valence-corrected chi connectivity index (χ1v) is 10.1. The van der Waals surface area contributed by atoms with Crippen LogP contribution in [-0.4, -0.2) is 22.4 Å². The van der Waals surface area contributed by atoms with Gasteiger partial charge in [0.2, 0.25) is 5.91 Å². The van der Waals surface area contributed by atoms with Gasteiger partial charge in [0, 0.05) is 28.9 Å². The normalized spacial score (nSPS) is 12.2. The standard InChI is InChI=1S/C21H14ClF4N3OS/c1-11(21(30)29-19-17(25)15(23)9-16(24)18(19)26)31-14-6-4-13(5-7-14)28-10-12-3-2-8-27-20(12)22/h2-11H,1H3,(H,29,30). The van der Waals surface area contributed by atoms with Gasteiger partial charge in [0.15, 0.2) is 23.3 Å². The minimum absolute atomic E-state index is 0.0742. The van der Waals surface area contributed by atoms with Gasteiger partial charge >= 0.3 is 0 Å². The van der Waals surface area contributed by atoms with Crippen LogP contribution in [-0.2, 0) is 4.79 Å². The van der Waals surface area contributed by atoms with Crippen LogP contribution in [0.4, 0.5) is 28.9 Å². The number of rotatable bonds is 6. The molecule has 1 amide bonds. The highest BCUT2D eigenvalue weighted by Gasteiger charge is 2.23. The Morgan fingerprint density at radius 2 is 1.77 bits per heavy atom. The zero-order valence-corrected chi connectivity index (χ0v) is 17.4. The van der Waals surface area contributed by atoms with E-state index in [4.69, 9.17) is 11.6 Å². The number of pyridine rings is 1. The van der Waals surface area contributed by atoms with E-state index >= 15 is 0 Å². The number of hydrogen-bond donors (Lipinski definition) is 1. The number of anilines is 1. The Hall–Kier alpha value is -2.91. The van der Waals surface area contributed by atoms with E-state index in [2.05, 4.69) is 9.98 Å². The van der Waals surface area contributed by atoms with E-state index in [-0.39, 0.29) is 6.07 Å². The molecule has 0 saturated carbocycles. The van der Waals surface area contributed by atoms with Gasteiger partial charge in [0.05, 0.1) is 10.9 Å². The van der Waals surface area contributed by atoms with Gasteiger partial charge in [-0.1, -0.05) is 11.6 Å². The predicted octanol–water partition coefficient (Wildman–Crippen LogP) is 6.16. The molecule has 160 valence electrons. The third kappa shape index (κ3) is 5.62. The van der Waals surface area contributed by atoms with Crippen molar-refractivity contribution in [2.24, 2.45) is 4.99 Å². The van der Waals surface area contributed by atoms with E-state index in [1.807, 2.05) is 5.32 Å². The summed E-state index contributed by atoms with van der Waals surface area (Å²) in [6.45, 7) is 1.49. The molecule has 2 aromatic carbocycles. The Morgan fingerprint density at radius 3 is 2.39 bits per heavy atom. The summed E-state index contributed by atoms with van der Waals surface area (Å²) in [5.41, 5.74) is 0.121. The molecule has 0 radical (unpaired) electrons. The average molecular weight is 468 g/mol. The Balaban J connectivity index is 1.65. The maximum atomic E-state index is 13.7. The van der Waals surface area contributed by atoms with Gasteiger partial charge in [0.25, 0.3) is 0 Å². The lowest BCUT2D eigenvalue weighted by atomic mass is 10.2. The van der Waals surface area contributed by atoms with E-state index < -0.39 is 40.1 Å². The summed E-state index contributed by atoms with van der Waals surface area (Å²) < 4.78 is 54.0. The van der Waals surface area contributed by atoms with Crippen LogP contribution < -0.4 is 5.32 Å². The van der Waals surface area contributed by atoms with Crippen LogP contribution in [0, 0.1) is 23.3 Å². The number of thioether (sulfide) groups is 1. The van der Waals surface area contributed by atoms with E-state index in [1.165, 1.54) is 6.92 Å². The molecule has 0 spiro atoms. The highest BCUT2D eigenvalue weighted by molar-refractivity contribution is 8.00. The fourth-order valence-electron chi connectivity index (χ4n) is 2.42. The summed E-state index contributed by atoms with van der Waals surface area (Å²) in [5.74, 6) is -7.35. The number of benzene rings is 2. The summed E-state index contributed by atoms with van der Waals surface area (Å²) in [7, 11) is 0. The third-order valence-electron chi connectivity index (χ3n) is 4.02. The van der Waals surface area contributed by atoms with Crippen molar-refractivity contribution in [2.75, 3.05) is 5.32 Å². The topological polar surface area (TPSA) is 54.4 Å². The van der Waals surface area contributed by atoms with Crippen molar-refractivity contribution in [2.45, 2.75) is 17.1 Å². The van der Waals surface area contributed by atoms with Crippen LogP contribution in [0.1, 0.15) is 12.5 Å². The van der Waals surface area contributed by atoms with Gasteiger partial charge in [0.1, 0.15) is 10.8 Å². The molecule has 0 aliphatic heterocycles. The molecule has 4 nitrogen and oxygen atoms in total. The lowest BCUT2D eigenvalue weighted by molar-refractivity contribution is -0.115. The minimum Gasteiger partial charge on any atom is -0.320 e. The smallest absolute Gasteiger partial charge is 0.237 e. The van der Waals surface area contributed by atoms with Gasteiger partial charge in [-0.2, -0.15) is 0 Å². The molecule has 1 atom stereocenters. The fourth-order valence-corrected chi connectivity index (χ4v) is 3.45. The van der Waals surface area contributed by atoms with Crippen LogP contribution in [0.25, 0.3) is 0 Å². The first kappa shape index (κ1) is 22.8. The Kier molecular flexibility index (Phi) is 7.29. The van der Waals surface area contributed by atoms with Crippen LogP contribution in [0.2, 0.25) is 5.15 Å². The zero-order valence-electron chi connectivity index (χ0n) is 15.9. The zero-order chi connectivity index (χ0) is 22.5. The average Bonchev–Trinajstić information content (AvgIpc) is 2.75. The summed E-state index contributed by atoms with van der Waals surface area (Å²) in [5, 5.41) is 1.42. The quantitative estimate of drug-likeness (QED) is 0.155. The number of nitrogens with one attached hydrogen (secondary N) is 1. The molecule has 3 aromatic rings. The maximum Gasteiger partial charge on any atom is 0.237 e. The van der Waals surface area contributed by atoms with E-state index in [9.17, 15) is 22.4 Å². The van der Waals surface area contributed by atoms with Crippen molar-refractivity contribution in [1.82, 2.24) is 4.98 Å². The van der Waals surface area contributed by atoms with E-state index in [0.29, 0.717) is 21.3 Å². The summed E-state index contributed by atoms with van der Waals surface area (Å²) in [4.78, 5) is 21.2. The van der Waals surface area contributed by atoms with E-state index in [1.54, 1.807) is 48.8 Å². The molecule has 3 rings (SSSR count). The van der Waals surface area contributed by atoms with Crippen molar-refractivity contribution in [3.8, 4) is 0 Å². The molecule has 0 bridgehead atoms.